The van der Waals surface area contributed by atoms with E-state index in [1.165, 1.54) is 0 Å². The predicted octanol–water partition coefficient (Wildman–Crippen LogP) is 0.981. The number of imidazole rings is 1. The maximum Gasteiger partial charge on any atom is 0.372 e. The van der Waals surface area contributed by atoms with E-state index in [0.29, 0.717) is 0 Å². The summed E-state index contributed by atoms with van der Waals surface area (Å²) in [5.41, 5.74) is 0.930. The summed E-state index contributed by atoms with van der Waals surface area (Å²) in [4.78, 5) is 14.3. The molecule has 0 fully saturated rings. The first kappa shape index (κ1) is 9.12. The average molecular weight is 186 g/mol. The van der Waals surface area contributed by atoms with Gasteiger partial charge in [-0.2, -0.15) is 11.8 Å². The van der Waals surface area contributed by atoms with Gasteiger partial charge in [-0.05, 0) is 6.26 Å². The van der Waals surface area contributed by atoms with Crippen LogP contribution in [0.3, 0.4) is 0 Å². The zero-order valence-electron chi connectivity index (χ0n) is 6.94. The SMILES string of the molecule is CSCc1cnc(C(=O)O)n1C. The van der Waals surface area contributed by atoms with Gasteiger partial charge >= 0.3 is 5.97 Å². The number of carbonyl (C=O) groups is 1. The Morgan fingerprint density at radius 1 is 1.83 bits per heavy atom. The second-order valence-electron chi connectivity index (χ2n) is 2.37. The van der Waals surface area contributed by atoms with E-state index < -0.39 is 5.97 Å². The van der Waals surface area contributed by atoms with E-state index in [2.05, 4.69) is 4.98 Å². The van der Waals surface area contributed by atoms with Crippen molar-refractivity contribution < 1.29 is 9.90 Å². The number of rotatable bonds is 3. The highest BCUT2D eigenvalue weighted by Crippen LogP contribution is 2.09. The van der Waals surface area contributed by atoms with Crippen LogP contribution in [0.4, 0.5) is 0 Å². The van der Waals surface area contributed by atoms with E-state index in [1.807, 2.05) is 6.26 Å². The van der Waals surface area contributed by atoms with Gasteiger partial charge in [0.15, 0.2) is 0 Å². The van der Waals surface area contributed by atoms with Gasteiger partial charge in [0.1, 0.15) is 0 Å². The quantitative estimate of drug-likeness (QED) is 0.764. The van der Waals surface area contributed by atoms with Crippen LogP contribution >= 0.6 is 11.8 Å². The Labute approximate surface area is 74.6 Å². The Hall–Kier alpha value is -0.970. The number of carboxylic acid groups (broad SMARTS) is 1. The van der Waals surface area contributed by atoms with Crippen molar-refractivity contribution >= 4 is 17.7 Å². The van der Waals surface area contributed by atoms with Crippen molar-refractivity contribution in [3.8, 4) is 0 Å². The van der Waals surface area contributed by atoms with Crippen molar-refractivity contribution in [3.05, 3.63) is 17.7 Å². The van der Waals surface area contributed by atoms with E-state index in [4.69, 9.17) is 5.11 Å². The van der Waals surface area contributed by atoms with Crippen LogP contribution in [0.25, 0.3) is 0 Å². The predicted molar refractivity (Wildman–Crippen MR) is 47.4 cm³/mol. The fourth-order valence-corrected chi connectivity index (χ4v) is 1.49. The molecule has 0 aromatic carbocycles. The summed E-state index contributed by atoms with van der Waals surface area (Å²) in [6, 6.07) is 0. The first-order chi connectivity index (χ1) is 5.66. The van der Waals surface area contributed by atoms with Crippen molar-refractivity contribution in [3.63, 3.8) is 0 Å². The standard InChI is InChI=1S/C7H10N2O2S/c1-9-5(4-12-2)3-8-6(9)7(10)11/h3H,4H2,1-2H3,(H,10,11). The number of nitrogens with zero attached hydrogens (tertiary/aromatic N) is 2. The Morgan fingerprint density at radius 3 is 2.92 bits per heavy atom. The summed E-state index contributed by atoms with van der Waals surface area (Å²) < 4.78 is 1.60. The minimum absolute atomic E-state index is 0.0963. The lowest BCUT2D eigenvalue weighted by atomic mass is 10.5. The van der Waals surface area contributed by atoms with E-state index in [0.717, 1.165) is 11.4 Å². The normalized spacial score (nSPS) is 10.2. The summed E-state index contributed by atoms with van der Waals surface area (Å²) in [7, 11) is 1.71. The molecular formula is C7H10N2O2S. The lowest BCUT2D eigenvalue weighted by Gasteiger charge is -2.00. The molecule has 0 aliphatic carbocycles. The van der Waals surface area contributed by atoms with Crippen molar-refractivity contribution in [1.29, 1.82) is 0 Å². The lowest BCUT2D eigenvalue weighted by Crippen LogP contribution is -2.07. The topological polar surface area (TPSA) is 55.1 Å². The lowest BCUT2D eigenvalue weighted by molar-refractivity contribution is 0.0679. The number of hydrogen-bond acceptors (Lipinski definition) is 3. The first-order valence-electron chi connectivity index (χ1n) is 3.39. The molecule has 1 N–H and O–H groups in total. The highest BCUT2D eigenvalue weighted by Gasteiger charge is 2.11. The minimum atomic E-state index is -0.982. The Bertz CT molecular complexity index is 296. The number of carboxylic acids is 1. The molecule has 66 valence electrons. The second kappa shape index (κ2) is 3.62. The number of aromatic nitrogens is 2. The number of thioether (sulfide) groups is 1. The van der Waals surface area contributed by atoms with Crippen LogP contribution in [0.15, 0.2) is 6.20 Å². The van der Waals surface area contributed by atoms with Gasteiger partial charge in [0.2, 0.25) is 5.82 Å². The molecule has 0 bridgehead atoms. The molecule has 12 heavy (non-hydrogen) atoms. The van der Waals surface area contributed by atoms with Crippen LogP contribution in [0.1, 0.15) is 16.3 Å². The Morgan fingerprint density at radius 2 is 2.50 bits per heavy atom. The van der Waals surface area contributed by atoms with Crippen LogP contribution in [0, 0.1) is 0 Å². The molecular weight excluding hydrogens is 176 g/mol. The molecule has 0 aliphatic rings. The summed E-state index contributed by atoms with van der Waals surface area (Å²) in [5.74, 6) is -0.0968. The molecule has 0 unspecified atom stereocenters. The third-order valence-corrected chi connectivity index (χ3v) is 2.15. The summed E-state index contributed by atoms with van der Waals surface area (Å²) in [6.07, 6.45) is 3.56. The van der Waals surface area contributed by atoms with Gasteiger partial charge in [-0.1, -0.05) is 0 Å². The molecule has 1 rings (SSSR count). The van der Waals surface area contributed by atoms with Crippen molar-refractivity contribution in [2.75, 3.05) is 6.26 Å². The largest absolute Gasteiger partial charge is 0.475 e. The fraction of sp³-hybridized carbons (Fsp3) is 0.429. The molecule has 4 nitrogen and oxygen atoms in total. The zero-order valence-corrected chi connectivity index (χ0v) is 7.76. The molecule has 1 heterocycles. The highest BCUT2D eigenvalue weighted by molar-refractivity contribution is 7.97. The van der Waals surface area contributed by atoms with Gasteiger partial charge < -0.3 is 9.67 Å². The van der Waals surface area contributed by atoms with Crippen molar-refractivity contribution in [2.45, 2.75) is 5.75 Å². The van der Waals surface area contributed by atoms with Gasteiger partial charge in [0, 0.05) is 24.7 Å². The van der Waals surface area contributed by atoms with E-state index >= 15 is 0 Å². The van der Waals surface area contributed by atoms with Crippen LogP contribution in [0.2, 0.25) is 0 Å². The van der Waals surface area contributed by atoms with Gasteiger partial charge in [-0.3, -0.25) is 0 Å². The number of hydrogen-bond donors (Lipinski definition) is 1. The molecule has 1 aromatic heterocycles. The minimum Gasteiger partial charge on any atom is -0.475 e. The molecule has 0 atom stereocenters. The molecule has 0 aliphatic heterocycles. The molecule has 0 spiro atoms. The maximum atomic E-state index is 10.5. The van der Waals surface area contributed by atoms with Crippen molar-refractivity contribution in [2.24, 2.45) is 7.05 Å². The molecule has 0 saturated heterocycles. The van der Waals surface area contributed by atoms with E-state index in [-0.39, 0.29) is 5.82 Å². The average Bonchev–Trinajstić information content (AvgIpc) is 2.34. The Kier molecular flexibility index (Phi) is 2.75. The third kappa shape index (κ3) is 1.61. The van der Waals surface area contributed by atoms with Crippen LogP contribution < -0.4 is 0 Å². The monoisotopic (exact) mass is 186 g/mol. The highest BCUT2D eigenvalue weighted by atomic mass is 32.2. The van der Waals surface area contributed by atoms with Crippen LogP contribution in [-0.2, 0) is 12.8 Å². The fourth-order valence-electron chi connectivity index (χ4n) is 0.926. The first-order valence-corrected chi connectivity index (χ1v) is 4.79. The van der Waals surface area contributed by atoms with Gasteiger partial charge in [-0.15, -0.1) is 0 Å². The Balaban J connectivity index is 2.96. The van der Waals surface area contributed by atoms with E-state index in [9.17, 15) is 4.79 Å². The van der Waals surface area contributed by atoms with Gasteiger partial charge in [-0.25, -0.2) is 9.78 Å². The molecule has 0 amide bonds. The van der Waals surface area contributed by atoms with Gasteiger partial charge in [0.05, 0.1) is 0 Å². The van der Waals surface area contributed by atoms with Gasteiger partial charge in [0.25, 0.3) is 0 Å². The third-order valence-electron chi connectivity index (χ3n) is 1.57. The van der Waals surface area contributed by atoms with E-state index in [1.54, 1.807) is 29.6 Å². The molecule has 1 aromatic rings. The van der Waals surface area contributed by atoms with Crippen LogP contribution in [-0.4, -0.2) is 26.9 Å². The second-order valence-corrected chi connectivity index (χ2v) is 3.24. The zero-order chi connectivity index (χ0) is 9.14. The molecule has 0 radical (unpaired) electrons. The molecule has 0 saturated carbocycles. The molecule has 5 heteroatoms. The summed E-state index contributed by atoms with van der Waals surface area (Å²) >= 11 is 1.64. The smallest absolute Gasteiger partial charge is 0.372 e. The van der Waals surface area contributed by atoms with Crippen LogP contribution in [0.5, 0.6) is 0 Å². The number of aromatic carboxylic acids is 1. The maximum absolute atomic E-state index is 10.5. The summed E-state index contributed by atoms with van der Waals surface area (Å²) in [5, 5.41) is 8.66. The van der Waals surface area contributed by atoms with Crippen molar-refractivity contribution in [1.82, 2.24) is 9.55 Å². The summed E-state index contributed by atoms with van der Waals surface area (Å²) in [6.45, 7) is 0.